The van der Waals surface area contributed by atoms with Gasteiger partial charge in [0, 0.05) is 45.4 Å². The summed E-state index contributed by atoms with van der Waals surface area (Å²) in [4.78, 5) is 40.3. The largest absolute Gasteiger partial charge is 0.419 e. The molecular formula is C23H36N2O7. The van der Waals surface area contributed by atoms with Crippen LogP contribution in [-0.4, -0.2) is 73.0 Å². The maximum absolute atomic E-state index is 12.9. The predicted molar refractivity (Wildman–Crippen MR) is 112 cm³/mol. The molecule has 0 radical (unpaired) electrons. The van der Waals surface area contributed by atoms with Crippen molar-refractivity contribution in [2.75, 3.05) is 27.2 Å². The molecule has 5 aliphatic heterocycles. The average Bonchev–Trinajstić information content (AvgIpc) is 2.94. The number of amides is 2. The van der Waals surface area contributed by atoms with Gasteiger partial charge in [-0.25, -0.2) is 14.6 Å². The SMILES string of the molecule is C[C@H]1[C@@H](OC(=O)N2CC(C)(C(=O)N(C)C)C2)O[C@@H]2O[C@@]3(C)CC[C@H]4[C@H](C)CC[C@@H]1[C@@]24OO3. The number of carbonyl (C=O) groups excluding carboxylic acids is 2. The summed E-state index contributed by atoms with van der Waals surface area (Å²) in [6, 6.07) is 0. The molecule has 0 aromatic rings. The fourth-order valence-electron chi connectivity index (χ4n) is 6.78. The lowest BCUT2D eigenvalue weighted by Crippen LogP contribution is -2.71. The monoisotopic (exact) mass is 452 g/mol. The van der Waals surface area contributed by atoms with Gasteiger partial charge in [0.2, 0.25) is 18.0 Å². The van der Waals surface area contributed by atoms with Crippen LogP contribution in [0, 0.1) is 29.1 Å². The molecule has 6 aliphatic rings. The third kappa shape index (κ3) is 3.11. The number of fused-ring (bicyclic) bond motifs is 2. The summed E-state index contributed by atoms with van der Waals surface area (Å²) in [6.07, 6.45) is 1.89. The zero-order chi connectivity index (χ0) is 23.1. The summed E-state index contributed by atoms with van der Waals surface area (Å²) in [5.41, 5.74) is -1.24. The summed E-state index contributed by atoms with van der Waals surface area (Å²) in [5, 5.41) is 0. The van der Waals surface area contributed by atoms with Gasteiger partial charge in [-0.15, -0.1) is 0 Å². The first-order chi connectivity index (χ1) is 15.0. The molecule has 9 heteroatoms. The highest BCUT2D eigenvalue weighted by atomic mass is 17.3. The minimum Gasteiger partial charge on any atom is -0.419 e. The quantitative estimate of drug-likeness (QED) is 0.596. The van der Waals surface area contributed by atoms with Gasteiger partial charge < -0.3 is 24.0 Å². The summed E-state index contributed by atoms with van der Waals surface area (Å²) >= 11 is 0. The Morgan fingerprint density at radius 1 is 1.03 bits per heavy atom. The summed E-state index contributed by atoms with van der Waals surface area (Å²) in [6.45, 7) is 8.75. The number of likely N-dealkylation sites (tertiary alicyclic amines) is 1. The number of carbonyl (C=O) groups is 2. The lowest BCUT2D eigenvalue weighted by Gasteiger charge is -2.60. The molecule has 0 aromatic heterocycles. The molecule has 9 nitrogen and oxygen atoms in total. The van der Waals surface area contributed by atoms with Crippen molar-refractivity contribution in [3.63, 3.8) is 0 Å². The Morgan fingerprint density at radius 2 is 1.75 bits per heavy atom. The zero-order valence-corrected chi connectivity index (χ0v) is 20.0. The third-order valence-corrected chi connectivity index (χ3v) is 8.57. The Labute approximate surface area is 189 Å². The minimum absolute atomic E-state index is 0.0152. The number of ether oxygens (including phenoxy) is 3. The van der Waals surface area contributed by atoms with Gasteiger partial charge in [0.15, 0.2) is 11.9 Å². The van der Waals surface area contributed by atoms with Crippen LogP contribution in [0.1, 0.15) is 53.4 Å². The standard InChI is InChI=1S/C23H36N2O7/c1-13-7-8-16-14(2)17(29-20(27)25-11-21(3,12-25)18(26)24(5)6)28-19-23(16)15(13)9-10-22(4,30-19)31-32-23/h13-17,19H,7-12H2,1-6H3/t13-,14-,15+,16+,17-,19-,22-,23-/m1/s1. The second-order valence-corrected chi connectivity index (χ2v) is 11.3. The molecular weight excluding hydrogens is 416 g/mol. The summed E-state index contributed by atoms with van der Waals surface area (Å²) < 4.78 is 18.5. The second kappa shape index (κ2) is 7.29. The van der Waals surface area contributed by atoms with Gasteiger partial charge in [0.1, 0.15) is 0 Å². The number of nitrogens with zero attached hydrogens (tertiary/aromatic N) is 2. The maximum atomic E-state index is 12.9. The molecule has 1 saturated carbocycles. The molecule has 6 fully saturated rings. The van der Waals surface area contributed by atoms with Crippen LogP contribution in [0.15, 0.2) is 0 Å². The van der Waals surface area contributed by atoms with Gasteiger partial charge in [-0.3, -0.25) is 4.79 Å². The lowest BCUT2D eigenvalue weighted by molar-refractivity contribution is -0.576. The topological polar surface area (TPSA) is 86.8 Å². The molecule has 180 valence electrons. The summed E-state index contributed by atoms with van der Waals surface area (Å²) in [5.74, 6) is -0.0808. The van der Waals surface area contributed by atoms with Crippen molar-refractivity contribution in [3.8, 4) is 0 Å². The molecule has 32 heavy (non-hydrogen) atoms. The fourth-order valence-corrected chi connectivity index (χ4v) is 6.78. The van der Waals surface area contributed by atoms with Crippen molar-refractivity contribution in [1.82, 2.24) is 9.80 Å². The predicted octanol–water partition coefficient (Wildman–Crippen LogP) is 2.74. The van der Waals surface area contributed by atoms with Crippen LogP contribution in [-0.2, 0) is 28.8 Å². The van der Waals surface area contributed by atoms with E-state index in [1.807, 2.05) is 13.8 Å². The molecule has 0 N–H and O–H groups in total. The van der Waals surface area contributed by atoms with Crippen molar-refractivity contribution in [3.05, 3.63) is 0 Å². The van der Waals surface area contributed by atoms with Crippen molar-refractivity contribution in [2.45, 2.75) is 77.3 Å². The van der Waals surface area contributed by atoms with E-state index in [0.29, 0.717) is 19.0 Å². The van der Waals surface area contributed by atoms with Crippen LogP contribution in [0.5, 0.6) is 0 Å². The highest BCUT2D eigenvalue weighted by molar-refractivity contribution is 5.85. The molecule has 5 heterocycles. The van der Waals surface area contributed by atoms with Crippen LogP contribution in [0.4, 0.5) is 4.79 Å². The maximum Gasteiger partial charge on any atom is 0.412 e. The molecule has 2 bridgehead atoms. The first-order valence-electron chi connectivity index (χ1n) is 11.9. The Morgan fingerprint density at radius 3 is 2.44 bits per heavy atom. The number of hydrogen-bond donors (Lipinski definition) is 0. The molecule has 0 aromatic carbocycles. The lowest BCUT2D eigenvalue weighted by atomic mass is 9.58. The van der Waals surface area contributed by atoms with E-state index in [9.17, 15) is 9.59 Å². The van der Waals surface area contributed by atoms with E-state index < -0.39 is 35.5 Å². The van der Waals surface area contributed by atoms with Gasteiger partial charge >= 0.3 is 6.09 Å². The smallest absolute Gasteiger partial charge is 0.412 e. The highest BCUT2D eigenvalue weighted by Crippen LogP contribution is 2.60. The normalized spacial score (nSPS) is 46.5. The number of hydrogen-bond acceptors (Lipinski definition) is 7. The molecule has 6 rings (SSSR count). The van der Waals surface area contributed by atoms with Gasteiger partial charge in [0.05, 0.1) is 5.41 Å². The molecule has 5 saturated heterocycles. The van der Waals surface area contributed by atoms with Gasteiger partial charge in [0.25, 0.3) is 0 Å². The van der Waals surface area contributed by atoms with Crippen LogP contribution in [0.3, 0.4) is 0 Å². The molecule has 1 aliphatic carbocycles. The highest BCUT2D eigenvalue weighted by Gasteiger charge is 2.70. The van der Waals surface area contributed by atoms with E-state index in [1.165, 1.54) is 0 Å². The average molecular weight is 453 g/mol. The molecule has 1 spiro atoms. The minimum atomic E-state index is -0.863. The van der Waals surface area contributed by atoms with Crippen molar-refractivity contribution in [1.29, 1.82) is 0 Å². The van der Waals surface area contributed by atoms with Gasteiger partial charge in [-0.1, -0.05) is 13.8 Å². The van der Waals surface area contributed by atoms with Crippen LogP contribution in [0.2, 0.25) is 0 Å². The number of rotatable bonds is 2. The Kier molecular flexibility index (Phi) is 5.10. The van der Waals surface area contributed by atoms with Crippen LogP contribution < -0.4 is 0 Å². The first-order valence-corrected chi connectivity index (χ1v) is 11.9. The van der Waals surface area contributed by atoms with E-state index in [4.69, 9.17) is 24.0 Å². The summed E-state index contributed by atoms with van der Waals surface area (Å²) in [7, 11) is 3.46. The Hall–Kier alpha value is -1.42. The van der Waals surface area contributed by atoms with E-state index in [2.05, 4.69) is 13.8 Å². The molecule has 2 amide bonds. The van der Waals surface area contributed by atoms with E-state index in [1.54, 1.807) is 23.9 Å². The van der Waals surface area contributed by atoms with Crippen molar-refractivity contribution >= 4 is 12.0 Å². The fraction of sp³-hybridized carbons (Fsp3) is 0.913. The van der Waals surface area contributed by atoms with Gasteiger partial charge in [-0.05, 0) is 44.9 Å². The zero-order valence-electron chi connectivity index (χ0n) is 20.0. The van der Waals surface area contributed by atoms with Crippen molar-refractivity contribution < 1.29 is 33.6 Å². The Balaban J connectivity index is 1.32. The second-order valence-electron chi connectivity index (χ2n) is 11.3. The van der Waals surface area contributed by atoms with Crippen LogP contribution in [0.25, 0.3) is 0 Å². The van der Waals surface area contributed by atoms with E-state index in [0.717, 1.165) is 25.7 Å². The van der Waals surface area contributed by atoms with Crippen molar-refractivity contribution in [2.24, 2.45) is 29.1 Å². The first kappa shape index (κ1) is 22.4. The molecule has 8 atom stereocenters. The Bertz CT molecular complexity index is 799. The van der Waals surface area contributed by atoms with Gasteiger partial charge in [-0.2, -0.15) is 0 Å². The van der Waals surface area contributed by atoms with E-state index >= 15 is 0 Å². The van der Waals surface area contributed by atoms with E-state index in [-0.39, 0.29) is 23.7 Å². The molecule has 0 unspecified atom stereocenters. The van der Waals surface area contributed by atoms with Crippen LogP contribution >= 0.6 is 0 Å². The third-order valence-electron chi connectivity index (χ3n) is 8.57.